The first-order valence-electron chi connectivity index (χ1n) is 10.2. The predicted octanol–water partition coefficient (Wildman–Crippen LogP) is 2.30. The van der Waals surface area contributed by atoms with E-state index < -0.39 is 0 Å². The van der Waals surface area contributed by atoms with Crippen LogP contribution in [0.2, 0.25) is 0 Å². The zero-order valence-corrected chi connectivity index (χ0v) is 17.8. The molecule has 0 saturated heterocycles. The van der Waals surface area contributed by atoms with Gasteiger partial charge in [-0.05, 0) is 43.0 Å². The number of para-hydroxylation sites is 1. The van der Waals surface area contributed by atoms with Gasteiger partial charge in [-0.2, -0.15) is 0 Å². The standard InChI is InChI=1S/C23H31N3O3/c1-5-17-10-8-11-18(6-2)23(17)25-22(28)16-26(7-3)15-21(27)24-19-12-9-13-20(14-19)29-4/h8-14H,5-7,15-16H2,1-4H3,(H,24,27)(H,25,28)/p+1. The van der Waals surface area contributed by atoms with E-state index in [0.29, 0.717) is 18.0 Å². The lowest BCUT2D eigenvalue weighted by molar-refractivity contribution is -0.881. The molecule has 0 saturated carbocycles. The molecule has 0 aromatic heterocycles. The van der Waals surface area contributed by atoms with Crippen molar-refractivity contribution in [3.05, 3.63) is 53.6 Å². The summed E-state index contributed by atoms with van der Waals surface area (Å²) < 4.78 is 5.18. The minimum Gasteiger partial charge on any atom is -0.497 e. The maximum absolute atomic E-state index is 12.7. The number of hydrogen-bond acceptors (Lipinski definition) is 3. The van der Waals surface area contributed by atoms with Gasteiger partial charge in [0.05, 0.1) is 13.7 Å². The molecule has 29 heavy (non-hydrogen) atoms. The van der Waals surface area contributed by atoms with Crippen LogP contribution < -0.4 is 20.3 Å². The van der Waals surface area contributed by atoms with Crippen molar-refractivity contribution in [2.24, 2.45) is 0 Å². The van der Waals surface area contributed by atoms with Crippen molar-refractivity contribution < 1.29 is 19.2 Å². The smallest absolute Gasteiger partial charge is 0.279 e. The van der Waals surface area contributed by atoms with Gasteiger partial charge in [0, 0.05) is 17.4 Å². The molecule has 1 atom stereocenters. The summed E-state index contributed by atoms with van der Waals surface area (Å²) in [6.07, 6.45) is 1.72. The zero-order valence-electron chi connectivity index (χ0n) is 17.8. The van der Waals surface area contributed by atoms with Crippen LogP contribution in [0.3, 0.4) is 0 Å². The topological polar surface area (TPSA) is 71.9 Å². The average Bonchev–Trinajstić information content (AvgIpc) is 2.73. The molecule has 0 fully saturated rings. The monoisotopic (exact) mass is 398 g/mol. The lowest BCUT2D eigenvalue weighted by atomic mass is 10.0. The number of amides is 2. The normalized spacial score (nSPS) is 11.6. The Morgan fingerprint density at radius 1 is 0.897 bits per heavy atom. The van der Waals surface area contributed by atoms with Gasteiger partial charge >= 0.3 is 0 Å². The van der Waals surface area contributed by atoms with E-state index in [1.165, 1.54) is 0 Å². The van der Waals surface area contributed by atoms with Gasteiger partial charge in [-0.25, -0.2) is 0 Å². The fraction of sp³-hybridized carbons (Fsp3) is 0.391. The predicted molar refractivity (Wildman–Crippen MR) is 117 cm³/mol. The molecule has 1 unspecified atom stereocenters. The van der Waals surface area contributed by atoms with Crippen molar-refractivity contribution in [3.8, 4) is 5.75 Å². The molecule has 6 nitrogen and oxygen atoms in total. The SMILES string of the molecule is CCc1cccc(CC)c1NC(=O)C[NH+](CC)CC(=O)Nc1cccc(OC)c1. The Kier molecular flexibility index (Phi) is 8.68. The molecule has 0 aliphatic heterocycles. The van der Waals surface area contributed by atoms with Crippen LogP contribution in [0.25, 0.3) is 0 Å². The van der Waals surface area contributed by atoms with Crippen LogP contribution in [0, 0.1) is 0 Å². The first kappa shape index (κ1) is 22.4. The fourth-order valence-corrected chi connectivity index (χ4v) is 3.26. The Hall–Kier alpha value is -2.86. The molecule has 0 aliphatic carbocycles. The lowest BCUT2D eigenvalue weighted by Crippen LogP contribution is -3.13. The number of anilines is 2. The van der Waals surface area contributed by atoms with Crippen molar-refractivity contribution >= 4 is 23.2 Å². The Morgan fingerprint density at radius 2 is 1.48 bits per heavy atom. The summed E-state index contributed by atoms with van der Waals surface area (Å²) in [5.41, 5.74) is 3.86. The molecule has 2 aromatic carbocycles. The summed E-state index contributed by atoms with van der Waals surface area (Å²) in [7, 11) is 1.59. The highest BCUT2D eigenvalue weighted by Gasteiger charge is 2.18. The van der Waals surface area contributed by atoms with Gasteiger partial charge in [-0.1, -0.05) is 38.1 Å². The fourth-order valence-electron chi connectivity index (χ4n) is 3.26. The van der Waals surface area contributed by atoms with E-state index >= 15 is 0 Å². The largest absolute Gasteiger partial charge is 0.497 e. The van der Waals surface area contributed by atoms with Crippen LogP contribution in [0.1, 0.15) is 31.9 Å². The molecule has 0 heterocycles. The number of quaternary nitrogens is 1. The second kappa shape index (κ2) is 11.2. The summed E-state index contributed by atoms with van der Waals surface area (Å²) in [4.78, 5) is 26.0. The Labute approximate surface area is 173 Å². The molecule has 2 rings (SSSR count). The molecular weight excluding hydrogens is 366 g/mol. The number of methoxy groups -OCH3 is 1. The molecule has 2 amide bonds. The van der Waals surface area contributed by atoms with Crippen LogP contribution >= 0.6 is 0 Å². The number of carbonyl (C=O) groups excluding carboxylic acids is 2. The minimum absolute atomic E-state index is 0.0772. The third-order valence-electron chi connectivity index (χ3n) is 4.94. The summed E-state index contributed by atoms with van der Waals surface area (Å²) in [6.45, 7) is 7.27. The van der Waals surface area contributed by atoms with E-state index in [1.54, 1.807) is 13.2 Å². The van der Waals surface area contributed by atoms with Crippen LogP contribution in [-0.2, 0) is 22.4 Å². The lowest BCUT2D eigenvalue weighted by Gasteiger charge is -2.19. The van der Waals surface area contributed by atoms with Gasteiger partial charge in [0.15, 0.2) is 13.1 Å². The van der Waals surface area contributed by atoms with Gasteiger partial charge in [-0.15, -0.1) is 0 Å². The number of likely N-dealkylation sites (N-methyl/N-ethyl adjacent to an activating group) is 1. The van der Waals surface area contributed by atoms with Crippen molar-refractivity contribution in [2.75, 3.05) is 37.4 Å². The maximum Gasteiger partial charge on any atom is 0.279 e. The summed E-state index contributed by atoms with van der Waals surface area (Å²) in [5, 5.41) is 5.95. The quantitative estimate of drug-likeness (QED) is 0.575. The van der Waals surface area contributed by atoms with Crippen molar-refractivity contribution in [2.45, 2.75) is 33.6 Å². The summed E-state index contributed by atoms with van der Waals surface area (Å²) in [6, 6.07) is 13.3. The van der Waals surface area contributed by atoms with Crippen LogP contribution in [0.15, 0.2) is 42.5 Å². The highest BCUT2D eigenvalue weighted by atomic mass is 16.5. The van der Waals surface area contributed by atoms with Crippen LogP contribution in [0.5, 0.6) is 5.75 Å². The zero-order chi connectivity index (χ0) is 21.2. The molecule has 3 N–H and O–H groups in total. The van der Waals surface area contributed by atoms with Gasteiger partial charge < -0.3 is 20.3 Å². The number of hydrogen-bond donors (Lipinski definition) is 3. The third kappa shape index (κ3) is 6.61. The third-order valence-corrected chi connectivity index (χ3v) is 4.94. The van der Waals surface area contributed by atoms with Crippen molar-refractivity contribution in [3.63, 3.8) is 0 Å². The molecule has 0 radical (unpaired) electrons. The van der Waals surface area contributed by atoms with Crippen molar-refractivity contribution in [1.82, 2.24) is 0 Å². The molecule has 0 bridgehead atoms. The van der Waals surface area contributed by atoms with Crippen molar-refractivity contribution in [1.29, 1.82) is 0 Å². The van der Waals surface area contributed by atoms with Gasteiger partial charge in [0.1, 0.15) is 5.75 Å². The molecule has 2 aromatic rings. The maximum atomic E-state index is 12.7. The Morgan fingerprint density at radius 3 is 2.03 bits per heavy atom. The number of rotatable bonds is 10. The van der Waals surface area contributed by atoms with Gasteiger partial charge in [-0.3, -0.25) is 9.59 Å². The second-order valence-corrected chi connectivity index (χ2v) is 6.94. The number of aryl methyl sites for hydroxylation is 2. The summed E-state index contributed by atoms with van der Waals surface area (Å²) in [5.74, 6) is 0.473. The highest BCUT2D eigenvalue weighted by Crippen LogP contribution is 2.22. The summed E-state index contributed by atoms with van der Waals surface area (Å²) >= 11 is 0. The Balaban J connectivity index is 1.97. The van der Waals surface area contributed by atoms with E-state index in [1.807, 2.05) is 43.3 Å². The van der Waals surface area contributed by atoms with Gasteiger partial charge in [0.25, 0.3) is 11.8 Å². The van der Waals surface area contributed by atoms with Crippen LogP contribution in [0.4, 0.5) is 11.4 Å². The average molecular weight is 399 g/mol. The van der Waals surface area contributed by atoms with Gasteiger partial charge in [0.2, 0.25) is 0 Å². The highest BCUT2D eigenvalue weighted by molar-refractivity contribution is 5.94. The minimum atomic E-state index is -0.133. The first-order valence-corrected chi connectivity index (χ1v) is 10.2. The van der Waals surface area contributed by atoms with E-state index in [-0.39, 0.29) is 24.9 Å². The Bertz CT molecular complexity index is 814. The first-order chi connectivity index (χ1) is 14.0. The van der Waals surface area contributed by atoms with E-state index in [4.69, 9.17) is 4.74 Å². The number of benzene rings is 2. The number of carbonyl (C=O) groups is 2. The van der Waals surface area contributed by atoms with E-state index in [9.17, 15) is 9.59 Å². The number of nitrogens with one attached hydrogen (secondary N) is 3. The van der Waals surface area contributed by atoms with Crippen LogP contribution in [-0.4, -0.2) is 38.6 Å². The van der Waals surface area contributed by atoms with E-state index in [0.717, 1.165) is 34.6 Å². The number of ether oxygens (including phenoxy) is 1. The van der Waals surface area contributed by atoms with E-state index in [2.05, 4.69) is 24.5 Å². The molecule has 0 spiro atoms. The molecular formula is C23H32N3O3+. The molecule has 6 heteroatoms. The second-order valence-electron chi connectivity index (χ2n) is 6.94. The molecule has 0 aliphatic rings. The molecule has 156 valence electrons.